The van der Waals surface area contributed by atoms with Crippen molar-refractivity contribution in [2.24, 2.45) is 7.05 Å². The Kier molecular flexibility index (Phi) is 4.75. The Morgan fingerprint density at radius 2 is 2.11 bits per heavy atom. The van der Waals surface area contributed by atoms with E-state index >= 15 is 0 Å². The SMILES string of the molecule is CC(C)c1nn(CC(=O)N[C@@H]2CCCN(C3CC3)C2)c(=O)c2cnn(C)c12. The van der Waals surface area contributed by atoms with Gasteiger partial charge in [0.05, 0.1) is 22.8 Å². The van der Waals surface area contributed by atoms with Crippen LogP contribution in [0, 0.1) is 0 Å². The largest absolute Gasteiger partial charge is 0.350 e. The Morgan fingerprint density at radius 3 is 2.81 bits per heavy atom. The summed E-state index contributed by atoms with van der Waals surface area (Å²) in [6.45, 7) is 6.05. The number of carbonyl (C=O) groups excluding carboxylic acids is 1. The number of aryl methyl sites for hydroxylation is 1. The Morgan fingerprint density at radius 1 is 1.33 bits per heavy atom. The highest BCUT2D eigenvalue weighted by Crippen LogP contribution is 2.29. The molecule has 8 nitrogen and oxygen atoms in total. The standard InChI is InChI=1S/C19H28N6O2/c1-12(2)17-18-15(9-20-23(18)3)19(27)25(22-17)11-16(26)21-13-5-4-8-24(10-13)14-6-7-14/h9,12-14H,4-8,10-11H2,1-3H3,(H,21,26)/t13-/m1/s1. The zero-order valence-electron chi connectivity index (χ0n) is 16.3. The lowest BCUT2D eigenvalue weighted by Gasteiger charge is -2.33. The van der Waals surface area contributed by atoms with Crippen molar-refractivity contribution < 1.29 is 4.79 Å². The molecule has 1 aliphatic heterocycles. The summed E-state index contributed by atoms with van der Waals surface area (Å²) in [5.41, 5.74) is 1.27. The Bertz CT molecular complexity index is 911. The van der Waals surface area contributed by atoms with Crippen molar-refractivity contribution >= 4 is 16.8 Å². The number of hydrogen-bond donors (Lipinski definition) is 1. The summed E-state index contributed by atoms with van der Waals surface area (Å²) >= 11 is 0. The molecule has 2 fully saturated rings. The van der Waals surface area contributed by atoms with E-state index in [1.807, 2.05) is 13.8 Å². The summed E-state index contributed by atoms with van der Waals surface area (Å²) in [4.78, 5) is 27.8. The number of nitrogens with zero attached hydrogens (tertiary/aromatic N) is 5. The van der Waals surface area contributed by atoms with E-state index in [9.17, 15) is 9.59 Å². The quantitative estimate of drug-likeness (QED) is 0.846. The van der Waals surface area contributed by atoms with Crippen molar-refractivity contribution in [2.45, 2.75) is 64.1 Å². The third kappa shape index (κ3) is 3.63. The molecule has 0 aromatic carbocycles. The highest BCUT2D eigenvalue weighted by Gasteiger charge is 2.33. The molecule has 2 aliphatic rings. The van der Waals surface area contributed by atoms with E-state index in [1.54, 1.807) is 17.9 Å². The molecule has 27 heavy (non-hydrogen) atoms. The highest BCUT2D eigenvalue weighted by molar-refractivity contribution is 5.81. The van der Waals surface area contributed by atoms with Gasteiger partial charge >= 0.3 is 0 Å². The number of rotatable bonds is 5. The minimum Gasteiger partial charge on any atom is -0.350 e. The third-order valence-corrected chi connectivity index (χ3v) is 5.60. The van der Waals surface area contributed by atoms with Crippen molar-refractivity contribution in [1.29, 1.82) is 0 Å². The van der Waals surface area contributed by atoms with E-state index in [4.69, 9.17) is 0 Å². The van der Waals surface area contributed by atoms with Crippen molar-refractivity contribution in [3.63, 3.8) is 0 Å². The molecule has 0 unspecified atom stereocenters. The first-order valence-corrected chi connectivity index (χ1v) is 9.90. The van der Waals surface area contributed by atoms with Gasteiger partial charge in [0.1, 0.15) is 6.54 Å². The molecule has 1 N–H and O–H groups in total. The fourth-order valence-corrected chi connectivity index (χ4v) is 4.06. The third-order valence-electron chi connectivity index (χ3n) is 5.60. The van der Waals surface area contributed by atoms with Gasteiger partial charge in [0.25, 0.3) is 5.56 Å². The van der Waals surface area contributed by atoms with Crippen LogP contribution >= 0.6 is 0 Å². The Hall–Kier alpha value is -2.22. The van der Waals surface area contributed by atoms with Crippen LogP contribution in [0.5, 0.6) is 0 Å². The number of nitrogens with one attached hydrogen (secondary N) is 1. The van der Waals surface area contributed by atoms with Gasteiger partial charge in [-0.3, -0.25) is 19.2 Å². The van der Waals surface area contributed by atoms with E-state index in [0.29, 0.717) is 5.39 Å². The molecule has 8 heteroatoms. The maximum absolute atomic E-state index is 12.8. The molecule has 0 radical (unpaired) electrons. The topological polar surface area (TPSA) is 85.1 Å². The second-order valence-electron chi connectivity index (χ2n) is 8.17. The van der Waals surface area contributed by atoms with Gasteiger partial charge < -0.3 is 5.32 Å². The van der Waals surface area contributed by atoms with Crippen LogP contribution in [0.4, 0.5) is 0 Å². The summed E-state index contributed by atoms with van der Waals surface area (Å²) in [5, 5.41) is 12.3. The van der Waals surface area contributed by atoms with Gasteiger partial charge in [0, 0.05) is 25.7 Å². The van der Waals surface area contributed by atoms with Crippen molar-refractivity contribution in [3.8, 4) is 0 Å². The van der Waals surface area contributed by atoms with Gasteiger partial charge in [-0.1, -0.05) is 13.8 Å². The summed E-state index contributed by atoms with van der Waals surface area (Å²) in [6.07, 6.45) is 6.23. The van der Waals surface area contributed by atoms with Gasteiger partial charge in [-0.05, 0) is 38.1 Å². The number of amides is 1. The lowest BCUT2D eigenvalue weighted by molar-refractivity contribution is -0.123. The van der Waals surface area contributed by atoms with Crippen LogP contribution in [0.25, 0.3) is 10.9 Å². The van der Waals surface area contributed by atoms with Gasteiger partial charge in [0.15, 0.2) is 0 Å². The molecule has 2 aromatic rings. The molecule has 1 saturated carbocycles. The highest BCUT2D eigenvalue weighted by atomic mass is 16.2. The zero-order chi connectivity index (χ0) is 19.1. The molecule has 4 rings (SSSR count). The first kappa shape index (κ1) is 18.2. The summed E-state index contributed by atoms with van der Waals surface area (Å²) in [6, 6.07) is 0.879. The van der Waals surface area contributed by atoms with Gasteiger partial charge in [-0.2, -0.15) is 10.2 Å². The molecule has 0 bridgehead atoms. The maximum atomic E-state index is 12.8. The van der Waals surface area contributed by atoms with E-state index < -0.39 is 0 Å². The molecule has 3 heterocycles. The summed E-state index contributed by atoms with van der Waals surface area (Å²) in [5.74, 6) is -0.0200. The molecule has 146 valence electrons. The first-order chi connectivity index (χ1) is 12.9. The molecule has 1 saturated heterocycles. The second kappa shape index (κ2) is 7.07. The second-order valence-corrected chi connectivity index (χ2v) is 8.17. The van der Waals surface area contributed by atoms with Gasteiger partial charge in [-0.25, -0.2) is 4.68 Å². The number of fused-ring (bicyclic) bond motifs is 1. The predicted octanol–water partition coefficient (Wildman–Crippen LogP) is 0.996. The predicted molar refractivity (Wildman–Crippen MR) is 103 cm³/mol. The van der Waals surface area contributed by atoms with Crippen LogP contribution in [0.2, 0.25) is 0 Å². The fourth-order valence-electron chi connectivity index (χ4n) is 4.06. The lowest BCUT2D eigenvalue weighted by atomic mass is 10.1. The van der Waals surface area contributed by atoms with Crippen LogP contribution in [-0.2, 0) is 18.4 Å². The maximum Gasteiger partial charge on any atom is 0.278 e. The van der Waals surface area contributed by atoms with Crippen LogP contribution in [-0.4, -0.2) is 55.5 Å². The van der Waals surface area contributed by atoms with Crippen LogP contribution < -0.4 is 10.9 Å². The van der Waals surface area contributed by atoms with Crippen molar-refractivity contribution in [3.05, 3.63) is 22.2 Å². The van der Waals surface area contributed by atoms with Crippen LogP contribution in [0.15, 0.2) is 11.0 Å². The Labute approximate surface area is 158 Å². The van der Waals surface area contributed by atoms with Crippen molar-refractivity contribution in [2.75, 3.05) is 13.1 Å². The molecule has 2 aromatic heterocycles. The zero-order valence-corrected chi connectivity index (χ0v) is 16.3. The number of aromatic nitrogens is 4. The first-order valence-electron chi connectivity index (χ1n) is 9.90. The van der Waals surface area contributed by atoms with E-state index in [1.165, 1.54) is 17.5 Å². The van der Waals surface area contributed by atoms with E-state index in [0.717, 1.165) is 43.2 Å². The average molecular weight is 372 g/mol. The molecule has 1 aliphatic carbocycles. The van der Waals surface area contributed by atoms with E-state index in [2.05, 4.69) is 20.4 Å². The van der Waals surface area contributed by atoms with E-state index in [-0.39, 0.29) is 30.0 Å². The lowest BCUT2D eigenvalue weighted by Crippen LogP contribution is -2.49. The minimum absolute atomic E-state index is 0.0523. The fraction of sp³-hybridized carbons (Fsp3) is 0.684. The monoisotopic (exact) mass is 372 g/mol. The molecular weight excluding hydrogens is 344 g/mol. The smallest absolute Gasteiger partial charge is 0.278 e. The normalized spacial score (nSPS) is 21.1. The van der Waals surface area contributed by atoms with Crippen LogP contribution in [0.1, 0.15) is 51.1 Å². The molecular formula is C19H28N6O2. The average Bonchev–Trinajstić information content (AvgIpc) is 3.41. The Balaban J connectivity index is 1.51. The number of hydrogen-bond acceptors (Lipinski definition) is 5. The minimum atomic E-state index is -0.263. The molecule has 1 atom stereocenters. The van der Waals surface area contributed by atoms with Gasteiger partial charge in [-0.15, -0.1) is 0 Å². The number of piperidine rings is 1. The van der Waals surface area contributed by atoms with Gasteiger partial charge in [0.2, 0.25) is 5.91 Å². The van der Waals surface area contributed by atoms with Crippen LogP contribution in [0.3, 0.4) is 0 Å². The molecule has 0 spiro atoms. The summed E-state index contributed by atoms with van der Waals surface area (Å²) < 4.78 is 2.97. The van der Waals surface area contributed by atoms with Crippen molar-refractivity contribution in [1.82, 2.24) is 29.8 Å². The number of carbonyl (C=O) groups is 1. The number of likely N-dealkylation sites (tertiary alicyclic amines) is 1. The summed E-state index contributed by atoms with van der Waals surface area (Å²) in [7, 11) is 1.81. The molecule has 1 amide bonds.